The number of thiophene rings is 3. The molecule has 0 bridgehead atoms. The molecule has 6 aromatic heterocycles. The minimum atomic E-state index is -0.679. The van der Waals surface area contributed by atoms with Crippen molar-refractivity contribution < 1.29 is 52.6 Å². The summed E-state index contributed by atoms with van der Waals surface area (Å²) in [5.41, 5.74) is 16.8. The van der Waals surface area contributed by atoms with Crippen LogP contribution < -0.4 is 58.3 Å². The first-order chi connectivity index (χ1) is 66.8. The molecule has 11 N–H and O–H groups in total. The number of urea groups is 2. The molecule has 16 rings (SSSR count). The Morgan fingerprint density at radius 1 is 0.418 bits per heavy atom. The zero-order valence-corrected chi connectivity index (χ0v) is 89.0. The van der Waals surface area contributed by atoms with Gasteiger partial charge >= 0.3 is 30.3 Å². The average Bonchev–Trinajstić information content (AvgIpc) is 1.68. The molecule has 34 heteroatoms. The number of carbonyl (C=O) groups is 8. The molecule has 3 aliphatic heterocycles. The molecule has 0 radical (unpaired) electrons. The van der Waals surface area contributed by atoms with Crippen molar-refractivity contribution in [2.24, 2.45) is 39.7 Å². The molecule has 6 aliphatic rings. The number of aryl methyl sites for hydroxylation is 3. The van der Waals surface area contributed by atoms with Gasteiger partial charge in [0.1, 0.15) is 31.4 Å². The van der Waals surface area contributed by atoms with Gasteiger partial charge in [-0.25, -0.2) is 38.9 Å². The highest BCUT2D eigenvalue weighted by Crippen LogP contribution is 2.43. The van der Waals surface area contributed by atoms with Crippen LogP contribution in [0.15, 0.2) is 140 Å². The number of nitrogens with zero attached hydrogens (tertiary/aromatic N) is 8. The van der Waals surface area contributed by atoms with Crippen molar-refractivity contribution in [3.8, 4) is 5.75 Å². The van der Waals surface area contributed by atoms with Crippen molar-refractivity contribution in [1.29, 1.82) is 0 Å². The zero-order chi connectivity index (χ0) is 102. The predicted molar refractivity (Wildman–Crippen MR) is 570 cm³/mol. The molecular formula is C107H144Cl2N18O11S3. The first-order valence-electron chi connectivity index (χ1n) is 49.0. The number of alkyl carbamates (subject to hydrolysis) is 2. The van der Waals surface area contributed by atoms with Crippen molar-refractivity contribution >= 4 is 153 Å². The lowest BCUT2D eigenvalue weighted by Crippen LogP contribution is -2.48. The predicted octanol–water partition coefficient (Wildman–Crippen LogP) is 19.9. The number of hydrogen-bond donors (Lipinski definition) is 10. The number of halogens is 2. The first-order valence-corrected chi connectivity index (χ1v) is 52.5. The summed E-state index contributed by atoms with van der Waals surface area (Å²) < 4.78 is 16.2. The van der Waals surface area contributed by atoms with Crippen LogP contribution >= 0.6 is 57.2 Å². The summed E-state index contributed by atoms with van der Waals surface area (Å²) in [6.07, 6.45) is 7.47. The van der Waals surface area contributed by atoms with Crippen molar-refractivity contribution in [3.05, 3.63) is 205 Å². The molecule has 760 valence electrons. The number of fused-ring (bicyclic) bond motifs is 6. The first kappa shape index (κ1) is 109. The zero-order valence-electron chi connectivity index (χ0n) is 85.0. The molecule has 0 saturated carbocycles. The number of likely N-dealkylation sites (N-methyl/N-ethyl adjacent to an activating group) is 3. The number of aromatic nitrogens is 3. The van der Waals surface area contributed by atoms with E-state index in [2.05, 4.69) is 157 Å². The number of ether oxygens (including phenoxy) is 3. The maximum Gasteiger partial charge on any atom is 0.417 e. The molecule has 29 nitrogen and oxygen atoms in total. The standard InChI is InChI=1S/C36H42N4O5S.C35H48N6O4S.C30H40N6O2S.C5H12N2.CH2Cl2/c1-35(2,3)25-15-16-28-23(18-25)17-24-20-30(46-32(24)40-28)31(41)39-29(21-37-33(42)45-36(4,5)6)22-11-10-12-26(19-22)38-34(43)44-27-13-8-7-9-14-27;1-34(2,3)25-11-12-27-23(18-25)17-24-20-29(46-31(24)39-27)30(42)38-28(21-36-33(44)45-35(4,5)6)22-9-8-10-26(19-22)37-32(43)41-15-13-40(7)14-16-41;1-30(2,3)22-8-9-24-20(15-22)14-21-17-26(39-28(21)34-24)27(37)33-25(18-31)19-6-5-7-23(16-19)32-29(38)36-12-10-35(4)11-13-36;1-7-4-2-6-3-5-7;2-1-3/h7-14,17,19-20,25,29H,15-16,18,21H2,1-6H3,(H,37,42)(H,38,43)(H,39,41);8-10,17,19-20,25,28H,11-16,18,21H2,1-7H3,(H,36,44)(H,37,43)(H,38,42);5-7,14,16-17,22,25H,8-13,15,18,31H2,1-4H3,(H,32,38)(H,33,37);6H,2-5H2,1H3;1H2/t25-,29-;25-,28-;22-,25-;;/m111../s1. The summed E-state index contributed by atoms with van der Waals surface area (Å²) in [6.45, 7) is 42.7. The second kappa shape index (κ2) is 49.1. The van der Waals surface area contributed by atoms with Gasteiger partial charge in [0.25, 0.3) is 17.7 Å². The van der Waals surface area contributed by atoms with Gasteiger partial charge in [0, 0.05) is 148 Å². The molecule has 9 heterocycles. The highest BCUT2D eigenvalue weighted by Gasteiger charge is 2.36. The number of pyridine rings is 3. The van der Waals surface area contributed by atoms with Crippen LogP contribution in [0.4, 0.5) is 41.0 Å². The maximum atomic E-state index is 13.7. The Labute approximate surface area is 852 Å². The Morgan fingerprint density at radius 3 is 1.06 bits per heavy atom. The highest BCUT2D eigenvalue weighted by atomic mass is 35.5. The number of anilines is 3. The number of amides is 10. The van der Waals surface area contributed by atoms with E-state index in [1.165, 1.54) is 69.5 Å². The van der Waals surface area contributed by atoms with Crippen molar-refractivity contribution in [2.75, 3.05) is 141 Å². The fraction of sp³-hybridized carbons (Fsp3) is 0.505. The van der Waals surface area contributed by atoms with Crippen molar-refractivity contribution in [3.63, 3.8) is 0 Å². The number of nitrogens with one attached hydrogen (secondary N) is 9. The lowest BCUT2D eigenvalue weighted by atomic mass is 9.71. The number of piperazine rings is 3. The van der Waals surface area contributed by atoms with Gasteiger partial charge in [-0.1, -0.05) is 117 Å². The molecule has 3 fully saturated rings. The molecule has 4 aromatic carbocycles. The van der Waals surface area contributed by atoms with E-state index in [0.29, 0.717) is 86.9 Å². The van der Waals surface area contributed by atoms with Gasteiger partial charge in [-0.05, 0) is 273 Å². The number of nitrogens with two attached hydrogens (primary N) is 1. The Morgan fingerprint density at radius 2 is 0.745 bits per heavy atom. The summed E-state index contributed by atoms with van der Waals surface area (Å²) in [7, 11) is 6.26. The second-order valence-corrected chi connectivity index (χ2v) is 46.5. The van der Waals surface area contributed by atoms with Crippen LogP contribution in [-0.2, 0) is 48.0 Å². The largest absolute Gasteiger partial charge is 0.444 e. The molecule has 10 amide bonds. The van der Waals surface area contributed by atoms with Crippen LogP contribution in [0, 0.1) is 34.0 Å². The van der Waals surface area contributed by atoms with Gasteiger partial charge in [-0.2, -0.15) is 0 Å². The third-order valence-corrected chi connectivity index (χ3v) is 29.4. The normalized spacial score (nSPS) is 17.6. The molecule has 3 aliphatic carbocycles. The molecule has 0 unspecified atom stereocenters. The summed E-state index contributed by atoms with van der Waals surface area (Å²) in [5, 5.41) is 30.0. The number of para-hydroxylation sites is 1. The summed E-state index contributed by atoms with van der Waals surface area (Å²) >= 11 is 13.7. The number of benzene rings is 4. The van der Waals surface area contributed by atoms with Crippen LogP contribution in [-0.4, -0.2) is 223 Å². The van der Waals surface area contributed by atoms with Crippen LogP contribution in [0.5, 0.6) is 5.75 Å². The number of hydrogen-bond acceptors (Lipinski definition) is 22. The van der Waals surface area contributed by atoms with Gasteiger partial charge in [0.05, 0.1) is 38.1 Å². The van der Waals surface area contributed by atoms with Crippen molar-refractivity contribution in [2.45, 2.75) is 191 Å². The van der Waals surface area contributed by atoms with E-state index in [-0.39, 0.29) is 77.0 Å². The molecule has 3 saturated heterocycles. The Bertz CT molecular complexity index is 5960. The van der Waals surface area contributed by atoms with Gasteiger partial charge in [0.15, 0.2) is 0 Å². The van der Waals surface area contributed by atoms with E-state index in [1.807, 2.05) is 90.8 Å². The SMILES string of the molecule is CC(C)(C)OC(=O)NC[C@@H](NC(=O)c1cc2cc3c(nc2s1)CC[C@@H](C(C)(C)C)C3)c1cccc(NC(=O)Oc2ccccc2)c1.CN1CCN(C(=O)Nc2cccc([C@@H](CN)NC(=O)c3cc4cc5c(nc4s3)CC[C@@H](C(C)(C)C)C5)c2)CC1.CN1CCN(C(=O)Nc2cccc([C@@H](CNC(=O)OC(C)(C)C)NC(=O)c3cc4cc5c(nc4s3)CC[C@@H](C(C)(C)C)C5)c2)CC1.CN1CCNCC1.ClCCl. The van der Waals surface area contributed by atoms with Crippen LogP contribution in [0.2, 0.25) is 0 Å². The molecular weight excluding hydrogens is 1880 g/mol. The van der Waals surface area contributed by atoms with Crippen molar-refractivity contribution in [1.82, 2.24) is 71.4 Å². The Hall–Kier alpha value is -10.7. The smallest absolute Gasteiger partial charge is 0.417 e. The molecule has 10 aromatic rings. The lowest BCUT2D eigenvalue weighted by Gasteiger charge is -2.34. The quantitative estimate of drug-likeness (QED) is 0.0357. The summed E-state index contributed by atoms with van der Waals surface area (Å²) in [6, 6.07) is 41.2. The van der Waals surface area contributed by atoms with Crippen LogP contribution in [0.25, 0.3) is 30.6 Å². The maximum absolute atomic E-state index is 13.7. The number of rotatable bonds is 18. The fourth-order valence-corrected chi connectivity index (χ4v) is 20.6. The lowest BCUT2D eigenvalue weighted by molar-refractivity contribution is 0.0510. The minimum absolute atomic E-state index is 0.0597. The van der Waals surface area contributed by atoms with E-state index < -0.39 is 41.6 Å². The molecule has 141 heavy (non-hydrogen) atoms. The average molecular weight is 2030 g/mol. The van der Waals surface area contributed by atoms with E-state index in [4.69, 9.17) is 58.1 Å². The molecule has 0 spiro atoms. The summed E-state index contributed by atoms with van der Waals surface area (Å²) in [4.78, 5) is 134. The van der Waals surface area contributed by atoms with E-state index in [0.717, 1.165) is 150 Å². The minimum Gasteiger partial charge on any atom is -0.444 e. The second-order valence-electron chi connectivity index (χ2n) is 42.6. The third kappa shape index (κ3) is 32.4. The number of carbonyl (C=O) groups excluding carboxylic acids is 8. The highest BCUT2D eigenvalue weighted by molar-refractivity contribution is 7.21. The Kier molecular flexibility index (Phi) is 38.0. The Balaban J connectivity index is 0.000000180. The fourth-order valence-electron chi connectivity index (χ4n) is 17.8. The monoisotopic (exact) mass is 2020 g/mol. The van der Waals surface area contributed by atoms with Crippen LogP contribution in [0.3, 0.4) is 0 Å². The van der Waals surface area contributed by atoms with E-state index >= 15 is 0 Å². The van der Waals surface area contributed by atoms with Gasteiger partial charge < -0.3 is 87.0 Å². The topological polar surface area (TPSA) is 353 Å². The number of alkyl halides is 2. The van der Waals surface area contributed by atoms with Gasteiger partial charge in [-0.3, -0.25) is 19.7 Å². The van der Waals surface area contributed by atoms with E-state index in [1.54, 1.807) is 88.9 Å². The van der Waals surface area contributed by atoms with Crippen LogP contribution in [0.1, 0.15) is 221 Å². The van der Waals surface area contributed by atoms with Gasteiger partial charge in [0.2, 0.25) is 0 Å². The summed E-state index contributed by atoms with van der Waals surface area (Å²) in [5.74, 6) is 1.53. The van der Waals surface area contributed by atoms with E-state index in [9.17, 15) is 38.4 Å². The third-order valence-electron chi connectivity index (χ3n) is 26.3. The molecule has 6 atom stereocenters. The van der Waals surface area contributed by atoms with Gasteiger partial charge in [-0.15, -0.1) is 57.2 Å².